The number of carbonyl (C=O) groups excluding carboxylic acids is 1. The first-order valence-electron chi connectivity index (χ1n) is 8.45. The molecule has 0 aliphatic rings. The van der Waals surface area contributed by atoms with E-state index >= 15 is 0 Å². The summed E-state index contributed by atoms with van der Waals surface area (Å²) in [5.41, 5.74) is 3.08. The van der Waals surface area contributed by atoms with E-state index < -0.39 is 0 Å². The van der Waals surface area contributed by atoms with E-state index in [0.29, 0.717) is 43.5 Å². The topological polar surface area (TPSA) is 64.4 Å². The van der Waals surface area contributed by atoms with Crippen molar-refractivity contribution in [3.8, 4) is 17.2 Å². The standard InChI is InChI=1S/C21H13BrClIN2O3/c1-28-18-6-2-11(8-15(18)22)20(27)25-13-4-7-19-17(10-13)26-21(29-19)14-9-12(24)3-5-16(14)23/h2-10H,1H3,(H,25,27). The lowest BCUT2D eigenvalue weighted by Crippen LogP contribution is -2.11. The Hall–Kier alpha value is -2.10. The maximum absolute atomic E-state index is 12.6. The Kier molecular flexibility index (Phi) is 5.80. The van der Waals surface area contributed by atoms with Crippen LogP contribution >= 0.6 is 50.1 Å². The summed E-state index contributed by atoms with van der Waals surface area (Å²) in [6, 6.07) is 16.1. The van der Waals surface area contributed by atoms with Gasteiger partial charge in [0.15, 0.2) is 5.58 Å². The second kappa shape index (κ2) is 8.33. The van der Waals surface area contributed by atoms with Gasteiger partial charge in [0.1, 0.15) is 11.3 Å². The first kappa shape index (κ1) is 20.2. The summed E-state index contributed by atoms with van der Waals surface area (Å²) in [7, 11) is 1.57. The van der Waals surface area contributed by atoms with Gasteiger partial charge in [0.2, 0.25) is 5.89 Å². The molecule has 4 aromatic rings. The summed E-state index contributed by atoms with van der Waals surface area (Å²) in [4.78, 5) is 17.1. The van der Waals surface area contributed by atoms with Gasteiger partial charge in [0.05, 0.1) is 22.2 Å². The van der Waals surface area contributed by atoms with Crippen LogP contribution in [0.2, 0.25) is 5.02 Å². The van der Waals surface area contributed by atoms with Crippen LogP contribution in [-0.2, 0) is 0 Å². The number of methoxy groups -OCH3 is 1. The van der Waals surface area contributed by atoms with E-state index in [2.05, 4.69) is 48.8 Å². The maximum atomic E-state index is 12.6. The molecule has 1 aromatic heterocycles. The zero-order valence-electron chi connectivity index (χ0n) is 15.0. The third kappa shape index (κ3) is 4.26. The van der Waals surface area contributed by atoms with Crippen molar-refractivity contribution in [3.05, 3.63) is 73.2 Å². The number of anilines is 1. The normalized spacial score (nSPS) is 10.9. The third-order valence-electron chi connectivity index (χ3n) is 4.22. The first-order valence-corrected chi connectivity index (χ1v) is 10.7. The van der Waals surface area contributed by atoms with Crippen molar-refractivity contribution in [1.29, 1.82) is 0 Å². The fourth-order valence-electron chi connectivity index (χ4n) is 2.79. The maximum Gasteiger partial charge on any atom is 0.255 e. The van der Waals surface area contributed by atoms with Gasteiger partial charge in [-0.05, 0) is 93.1 Å². The van der Waals surface area contributed by atoms with Crippen molar-refractivity contribution in [3.63, 3.8) is 0 Å². The lowest BCUT2D eigenvalue weighted by Gasteiger charge is -2.07. The number of ether oxygens (including phenoxy) is 1. The Balaban J connectivity index is 1.61. The van der Waals surface area contributed by atoms with Crippen LogP contribution in [0.5, 0.6) is 5.75 Å². The molecule has 146 valence electrons. The molecule has 8 heteroatoms. The minimum absolute atomic E-state index is 0.239. The number of aromatic nitrogens is 1. The Morgan fingerprint density at radius 1 is 1.17 bits per heavy atom. The number of carbonyl (C=O) groups is 1. The number of benzene rings is 3. The highest BCUT2D eigenvalue weighted by atomic mass is 127. The van der Waals surface area contributed by atoms with Crippen LogP contribution in [0.4, 0.5) is 5.69 Å². The van der Waals surface area contributed by atoms with Crippen LogP contribution in [0.25, 0.3) is 22.6 Å². The van der Waals surface area contributed by atoms with Crippen LogP contribution in [-0.4, -0.2) is 18.0 Å². The average molecular weight is 584 g/mol. The molecule has 29 heavy (non-hydrogen) atoms. The molecule has 0 aliphatic carbocycles. The molecule has 1 N–H and O–H groups in total. The van der Waals surface area contributed by atoms with Gasteiger partial charge in [-0.15, -0.1) is 0 Å². The number of hydrogen-bond donors (Lipinski definition) is 1. The molecule has 0 spiro atoms. The summed E-state index contributed by atoms with van der Waals surface area (Å²) >= 11 is 11.9. The Labute approximate surface area is 193 Å². The van der Waals surface area contributed by atoms with Gasteiger partial charge in [0, 0.05) is 14.8 Å². The van der Waals surface area contributed by atoms with E-state index in [1.807, 2.05) is 18.2 Å². The molecule has 0 saturated heterocycles. The van der Waals surface area contributed by atoms with E-state index in [0.717, 1.165) is 9.13 Å². The molecule has 0 radical (unpaired) electrons. The highest BCUT2D eigenvalue weighted by Gasteiger charge is 2.14. The van der Waals surface area contributed by atoms with Crippen LogP contribution in [0, 0.1) is 3.57 Å². The molecule has 0 atom stereocenters. The molecule has 0 bridgehead atoms. The van der Waals surface area contributed by atoms with Gasteiger partial charge in [-0.2, -0.15) is 0 Å². The first-order chi connectivity index (χ1) is 13.9. The highest BCUT2D eigenvalue weighted by molar-refractivity contribution is 14.1. The van der Waals surface area contributed by atoms with Gasteiger partial charge in [0.25, 0.3) is 5.91 Å². The van der Waals surface area contributed by atoms with E-state index in [4.69, 9.17) is 20.8 Å². The zero-order chi connectivity index (χ0) is 20.5. The van der Waals surface area contributed by atoms with E-state index in [1.165, 1.54) is 0 Å². The summed E-state index contributed by atoms with van der Waals surface area (Å²) in [5.74, 6) is 0.857. The van der Waals surface area contributed by atoms with Gasteiger partial charge in [-0.25, -0.2) is 4.98 Å². The fourth-order valence-corrected chi connectivity index (χ4v) is 4.02. The zero-order valence-corrected chi connectivity index (χ0v) is 19.5. The number of nitrogens with zero attached hydrogens (tertiary/aromatic N) is 1. The number of halogens is 3. The molecule has 0 saturated carbocycles. The SMILES string of the molecule is COc1ccc(C(=O)Nc2ccc3oc(-c4cc(I)ccc4Cl)nc3c2)cc1Br. The number of amides is 1. The minimum atomic E-state index is -0.239. The Morgan fingerprint density at radius 2 is 2.00 bits per heavy atom. The second-order valence-electron chi connectivity index (χ2n) is 6.13. The van der Waals surface area contributed by atoms with Crippen molar-refractivity contribution in [1.82, 2.24) is 4.98 Å². The molecule has 1 amide bonds. The summed E-state index contributed by atoms with van der Waals surface area (Å²) in [5, 5.41) is 3.44. The highest BCUT2D eigenvalue weighted by Crippen LogP contribution is 2.32. The second-order valence-corrected chi connectivity index (χ2v) is 8.64. The van der Waals surface area contributed by atoms with E-state index in [9.17, 15) is 4.79 Å². The largest absolute Gasteiger partial charge is 0.496 e. The van der Waals surface area contributed by atoms with Gasteiger partial charge >= 0.3 is 0 Å². The van der Waals surface area contributed by atoms with Crippen LogP contribution < -0.4 is 10.1 Å². The molecule has 1 heterocycles. The summed E-state index contributed by atoms with van der Waals surface area (Å²) in [6.45, 7) is 0. The molecule has 0 aliphatic heterocycles. The van der Waals surface area contributed by atoms with Gasteiger partial charge in [-0.3, -0.25) is 4.79 Å². The van der Waals surface area contributed by atoms with E-state index in [-0.39, 0.29) is 5.91 Å². The average Bonchev–Trinajstić information content (AvgIpc) is 3.12. The molecule has 3 aromatic carbocycles. The molecular weight excluding hydrogens is 571 g/mol. The van der Waals surface area contributed by atoms with Crippen molar-refractivity contribution >= 4 is 72.8 Å². The van der Waals surface area contributed by atoms with Gasteiger partial charge in [-0.1, -0.05) is 11.6 Å². The lowest BCUT2D eigenvalue weighted by atomic mass is 10.2. The van der Waals surface area contributed by atoms with Crippen molar-refractivity contribution in [2.45, 2.75) is 0 Å². The predicted octanol–water partition coefficient (Wildman–Crippen LogP) is 6.78. The van der Waals surface area contributed by atoms with Crippen molar-refractivity contribution in [2.24, 2.45) is 0 Å². The number of nitrogens with one attached hydrogen (secondary N) is 1. The number of rotatable bonds is 4. The lowest BCUT2D eigenvalue weighted by molar-refractivity contribution is 0.102. The fraction of sp³-hybridized carbons (Fsp3) is 0.0476. The van der Waals surface area contributed by atoms with Crippen molar-refractivity contribution in [2.75, 3.05) is 12.4 Å². The molecular formula is C21H13BrClIN2O3. The quantitative estimate of drug-likeness (QED) is 0.269. The summed E-state index contributed by atoms with van der Waals surface area (Å²) in [6.07, 6.45) is 0. The molecule has 4 rings (SSSR count). The minimum Gasteiger partial charge on any atom is -0.496 e. The Bertz CT molecular complexity index is 1240. The number of oxazole rings is 1. The smallest absolute Gasteiger partial charge is 0.255 e. The van der Waals surface area contributed by atoms with Crippen LogP contribution in [0.15, 0.2) is 63.5 Å². The van der Waals surface area contributed by atoms with Crippen LogP contribution in [0.1, 0.15) is 10.4 Å². The summed E-state index contributed by atoms with van der Waals surface area (Å²) < 4.78 is 12.8. The third-order valence-corrected chi connectivity index (χ3v) is 5.84. The number of hydrogen-bond acceptors (Lipinski definition) is 4. The molecule has 0 fully saturated rings. The van der Waals surface area contributed by atoms with Crippen LogP contribution in [0.3, 0.4) is 0 Å². The molecule has 5 nitrogen and oxygen atoms in total. The number of fused-ring (bicyclic) bond motifs is 1. The van der Waals surface area contributed by atoms with Crippen molar-refractivity contribution < 1.29 is 13.9 Å². The van der Waals surface area contributed by atoms with E-state index in [1.54, 1.807) is 43.5 Å². The van der Waals surface area contributed by atoms with Gasteiger partial charge < -0.3 is 14.5 Å². The monoisotopic (exact) mass is 582 g/mol. The predicted molar refractivity (Wildman–Crippen MR) is 126 cm³/mol. The Morgan fingerprint density at radius 3 is 2.76 bits per heavy atom. The molecule has 0 unspecified atom stereocenters.